The molecule has 0 saturated carbocycles. The van der Waals surface area contributed by atoms with E-state index in [4.69, 9.17) is 9.47 Å². The fraction of sp³-hybridized carbons (Fsp3) is 0.143. The lowest BCUT2D eigenvalue weighted by Crippen LogP contribution is -2.04. The maximum Gasteiger partial charge on any atom is 0.195 e. The average molecular weight is 322 g/mol. The number of carbonyl (C=O) groups excluding carboxylic acids is 1. The van der Waals surface area contributed by atoms with Crippen LogP contribution < -0.4 is 9.47 Å². The molecule has 0 fully saturated rings. The van der Waals surface area contributed by atoms with Gasteiger partial charge in [0.2, 0.25) is 0 Å². The number of methoxy groups -OCH3 is 2. The van der Waals surface area contributed by atoms with Crippen molar-refractivity contribution in [1.82, 2.24) is 4.98 Å². The number of hydrogen-bond donors (Lipinski definition) is 0. The molecule has 1 aromatic carbocycles. The van der Waals surface area contributed by atoms with Crippen LogP contribution >= 0.6 is 15.9 Å². The Hall–Kier alpha value is -1.88. The Kier molecular flexibility index (Phi) is 4.16. The number of carbonyl (C=O) groups is 1. The van der Waals surface area contributed by atoms with Gasteiger partial charge in [0.05, 0.1) is 14.2 Å². The van der Waals surface area contributed by atoms with Crippen molar-refractivity contribution in [2.45, 2.75) is 0 Å². The summed E-state index contributed by atoms with van der Waals surface area (Å²) in [7, 11) is 3.08. The number of halogens is 1. The molecule has 2 aromatic rings. The van der Waals surface area contributed by atoms with E-state index in [9.17, 15) is 4.79 Å². The normalized spacial score (nSPS) is 10.1. The minimum Gasteiger partial charge on any atom is -0.493 e. The Bertz CT molecular complexity index is 599. The molecule has 0 saturated heterocycles. The van der Waals surface area contributed by atoms with Crippen LogP contribution in [0.25, 0.3) is 0 Å². The monoisotopic (exact) mass is 321 g/mol. The molecule has 0 aliphatic heterocycles. The molecule has 0 spiro atoms. The SMILES string of the molecule is COc1cc(Br)c(C(=O)c2cccnc2)cc1OC. The second-order valence-electron chi connectivity index (χ2n) is 3.76. The number of ether oxygens (including phenoxy) is 2. The third-order valence-corrected chi connectivity index (χ3v) is 3.30. The maximum absolute atomic E-state index is 12.4. The number of pyridine rings is 1. The Labute approximate surface area is 119 Å². The first-order valence-electron chi connectivity index (χ1n) is 5.53. The van der Waals surface area contributed by atoms with Gasteiger partial charge >= 0.3 is 0 Å². The van der Waals surface area contributed by atoms with Crippen molar-refractivity contribution < 1.29 is 14.3 Å². The van der Waals surface area contributed by atoms with Crippen molar-refractivity contribution >= 4 is 21.7 Å². The Morgan fingerprint density at radius 3 is 2.47 bits per heavy atom. The van der Waals surface area contributed by atoms with Crippen LogP contribution in [-0.4, -0.2) is 25.0 Å². The smallest absolute Gasteiger partial charge is 0.195 e. The zero-order chi connectivity index (χ0) is 13.8. The van der Waals surface area contributed by atoms with E-state index in [0.717, 1.165) is 0 Å². The minimum absolute atomic E-state index is 0.124. The molecule has 0 bridgehead atoms. The van der Waals surface area contributed by atoms with E-state index in [2.05, 4.69) is 20.9 Å². The van der Waals surface area contributed by atoms with Gasteiger partial charge in [0.25, 0.3) is 0 Å². The quantitative estimate of drug-likeness (QED) is 0.812. The first-order chi connectivity index (χ1) is 9.17. The number of rotatable bonds is 4. The number of ketones is 1. The molecule has 4 nitrogen and oxygen atoms in total. The van der Waals surface area contributed by atoms with Gasteiger partial charge in [-0.1, -0.05) is 0 Å². The zero-order valence-corrected chi connectivity index (χ0v) is 12.1. The maximum atomic E-state index is 12.4. The van der Waals surface area contributed by atoms with Gasteiger partial charge in [-0.3, -0.25) is 9.78 Å². The standard InChI is InChI=1S/C14H12BrNO3/c1-18-12-6-10(11(15)7-13(12)19-2)14(17)9-4-3-5-16-8-9/h3-8H,1-2H3. The fourth-order valence-corrected chi connectivity index (χ4v) is 2.18. The lowest BCUT2D eigenvalue weighted by molar-refractivity contribution is 0.103. The molecular formula is C14H12BrNO3. The van der Waals surface area contributed by atoms with Gasteiger partial charge in [0.1, 0.15) is 0 Å². The van der Waals surface area contributed by atoms with Crippen LogP contribution in [-0.2, 0) is 0 Å². The molecule has 0 radical (unpaired) electrons. The number of aromatic nitrogens is 1. The van der Waals surface area contributed by atoms with E-state index in [-0.39, 0.29) is 5.78 Å². The molecule has 0 N–H and O–H groups in total. The van der Waals surface area contributed by atoms with Crippen LogP contribution in [0.3, 0.4) is 0 Å². The summed E-state index contributed by atoms with van der Waals surface area (Å²) in [5.74, 6) is 0.955. The van der Waals surface area contributed by atoms with Crippen molar-refractivity contribution in [2.24, 2.45) is 0 Å². The average Bonchev–Trinajstić information content (AvgIpc) is 2.47. The lowest BCUT2D eigenvalue weighted by Gasteiger charge is -2.11. The van der Waals surface area contributed by atoms with Gasteiger partial charge in [0.15, 0.2) is 17.3 Å². The van der Waals surface area contributed by atoms with Gasteiger partial charge < -0.3 is 9.47 Å². The van der Waals surface area contributed by atoms with Gasteiger partial charge in [-0.05, 0) is 40.2 Å². The Balaban J connectivity index is 2.48. The third-order valence-electron chi connectivity index (χ3n) is 2.64. The summed E-state index contributed by atoms with van der Waals surface area (Å²) in [6.07, 6.45) is 3.16. The van der Waals surface area contributed by atoms with Crippen molar-refractivity contribution in [2.75, 3.05) is 14.2 Å². The molecule has 0 amide bonds. The number of hydrogen-bond acceptors (Lipinski definition) is 4. The number of nitrogens with zero attached hydrogens (tertiary/aromatic N) is 1. The van der Waals surface area contributed by atoms with E-state index in [1.165, 1.54) is 13.3 Å². The van der Waals surface area contributed by atoms with E-state index < -0.39 is 0 Å². The highest BCUT2D eigenvalue weighted by Crippen LogP contribution is 2.34. The second-order valence-corrected chi connectivity index (χ2v) is 4.61. The summed E-state index contributed by atoms with van der Waals surface area (Å²) >= 11 is 3.37. The second kappa shape index (κ2) is 5.84. The predicted molar refractivity (Wildman–Crippen MR) is 74.9 cm³/mol. The van der Waals surface area contributed by atoms with Crippen molar-refractivity contribution in [3.05, 3.63) is 52.3 Å². The van der Waals surface area contributed by atoms with Gasteiger partial charge in [-0.15, -0.1) is 0 Å². The van der Waals surface area contributed by atoms with Crippen molar-refractivity contribution in [1.29, 1.82) is 0 Å². The van der Waals surface area contributed by atoms with E-state index >= 15 is 0 Å². The highest BCUT2D eigenvalue weighted by atomic mass is 79.9. The summed E-state index contributed by atoms with van der Waals surface area (Å²) < 4.78 is 11.0. The van der Waals surface area contributed by atoms with Gasteiger partial charge in [-0.25, -0.2) is 0 Å². The van der Waals surface area contributed by atoms with Crippen LogP contribution in [0.15, 0.2) is 41.1 Å². The molecule has 0 aliphatic carbocycles. The van der Waals surface area contributed by atoms with Gasteiger partial charge in [0, 0.05) is 28.0 Å². The Morgan fingerprint density at radius 1 is 1.21 bits per heavy atom. The number of benzene rings is 1. The predicted octanol–water partition coefficient (Wildman–Crippen LogP) is 3.09. The molecule has 0 atom stereocenters. The van der Waals surface area contributed by atoms with Crippen molar-refractivity contribution in [3.63, 3.8) is 0 Å². The summed E-state index contributed by atoms with van der Waals surface area (Å²) in [6.45, 7) is 0. The van der Waals surface area contributed by atoms with Crippen molar-refractivity contribution in [3.8, 4) is 11.5 Å². The zero-order valence-electron chi connectivity index (χ0n) is 10.5. The molecule has 98 valence electrons. The van der Waals surface area contributed by atoms with Crippen LogP contribution in [0.1, 0.15) is 15.9 Å². The molecule has 2 rings (SSSR count). The topological polar surface area (TPSA) is 48.4 Å². The Morgan fingerprint density at radius 2 is 1.89 bits per heavy atom. The van der Waals surface area contributed by atoms with E-state index in [0.29, 0.717) is 27.1 Å². The summed E-state index contributed by atoms with van der Waals surface area (Å²) in [6, 6.07) is 6.81. The van der Waals surface area contributed by atoms with Crippen LogP contribution in [0.2, 0.25) is 0 Å². The molecule has 19 heavy (non-hydrogen) atoms. The van der Waals surface area contributed by atoms with E-state index in [1.807, 2.05) is 0 Å². The van der Waals surface area contributed by atoms with Crippen LogP contribution in [0.5, 0.6) is 11.5 Å². The molecular weight excluding hydrogens is 310 g/mol. The fourth-order valence-electron chi connectivity index (χ4n) is 1.68. The van der Waals surface area contributed by atoms with Gasteiger partial charge in [-0.2, -0.15) is 0 Å². The third kappa shape index (κ3) is 2.76. The van der Waals surface area contributed by atoms with Crippen LogP contribution in [0, 0.1) is 0 Å². The largest absolute Gasteiger partial charge is 0.493 e. The first kappa shape index (κ1) is 13.5. The highest BCUT2D eigenvalue weighted by Gasteiger charge is 2.17. The molecule has 5 heteroatoms. The summed E-state index contributed by atoms with van der Waals surface area (Å²) in [5.41, 5.74) is 1.03. The molecule has 1 aromatic heterocycles. The van der Waals surface area contributed by atoms with Crippen LogP contribution in [0.4, 0.5) is 0 Å². The highest BCUT2D eigenvalue weighted by molar-refractivity contribution is 9.10. The molecule has 0 unspecified atom stereocenters. The molecule has 1 heterocycles. The molecule has 0 aliphatic rings. The first-order valence-corrected chi connectivity index (χ1v) is 6.33. The lowest BCUT2D eigenvalue weighted by atomic mass is 10.0. The van der Waals surface area contributed by atoms with E-state index in [1.54, 1.807) is 37.6 Å². The summed E-state index contributed by atoms with van der Waals surface area (Å²) in [5, 5.41) is 0. The summed E-state index contributed by atoms with van der Waals surface area (Å²) in [4.78, 5) is 16.3. The minimum atomic E-state index is -0.124.